The molecule has 0 aliphatic carbocycles. The highest BCUT2D eigenvalue weighted by molar-refractivity contribution is 7.89. The van der Waals surface area contributed by atoms with E-state index in [9.17, 15) is 8.42 Å². The highest BCUT2D eigenvalue weighted by atomic mass is 32.2. The van der Waals surface area contributed by atoms with Crippen molar-refractivity contribution in [2.45, 2.75) is 58.2 Å². The number of aryl methyl sites for hydroxylation is 1. The maximum atomic E-state index is 11.4. The van der Waals surface area contributed by atoms with Gasteiger partial charge >= 0.3 is 0 Å². The van der Waals surface area contributed by atoms with E-state index in [1.165, 1.54) is 12.1 Å². The van der Waals surface area contributed by atoms with Crippen LogP contribution in [0.1, 0.15) is 43.9 Å². The highest BCUT2D eigenvalue weighted by Gasteiger charge is 2.12. The lowest BCUT2D eigenvalue weighted by atomic mass is 10.1. The Morgan fingerprint density at radius 2 is 1.71 bits per heavy atom. The fourth-order valence-electron chi connectivity index (χ4n) is 3.23. The van der Waals surface area contributed by atoms with E-state index in [1.54, 1.807) is 19.2 Å². The van der Waals surface area contributed by atoms with Gasteiger partial charge in [-0.2, -0.15) is 0 Å². The van der Waals surface area contributed by atoms with Crippen LogP contribution in [0.15, 0.2) is 52.4 Å². The maximum absolute atomic E-state index is 11.4. The molecule has 0 aromatic heterocycles. The quantitative estimate of drug-likeness (QED) is 0.405. The first kappa shape index (κ1) is 24.7. The predicted octanol–water partition coefficient (Wildman–Crippen LogP) is 3.32. The molecule has 0 fully saturated rings. The van der Waals surface area contributed by atoms with E-state index in [2.05, 4.69) is 61.5 Å². The van der Waals surface area contributed by atoms with E-state index in [-0.39, 0.29) is 11.0 Å². The van der Waals surface area contributed by atoms with Crippen LogP contribution >= 0.6 is 0 Å². The van der Waals surface area contributed by atoms with Crippen molar-refractivity contribution >= 4 is 16.0 Å². The molecule has 170 valence electrons. The number of primary sulfonamides is 1. The van der Waals surface area contributed by atoms with Crippen LogP contribution in [0.3, 0.4) is 0 Å². The fourth-order valence-corrected chi connectivity index (χ4v) is 3.74. The molecule has 2 rings (SSSR count). The van der Waals surface area contributed by atoms with Gasteiger partial charge in [0, 0.05) is 25.7 Å². The number of rotatable bonds is 9. The summed E-state index contributed by atoms with van der Waals surface area (Å²) in [6, 6.07) is 12.6. The number of aliphatic imine (C=N–C) groups is 1. The SMILES string of the molecule is CN=C(NCc1ccc(S(N)(=O)=O)cc1)NCc1ccc(C)cc1OC(C)CC(C)C. The largest absolute Gasteiger partial charge is 0.490 e. The smallest absolute Gasteiger partial charge is 0.238 e. The molecule has 1 unspecified atom stereocenters. The molecule has 7 nitrogen and oxygen atoms in total. The molecule has 0 saturated heterocycles. The third-order valence-corrected chi connectivity index (χ3v) is 5.67. The van der Waals surface area contributed by atoms with Crippen LogP contribution in [0.2, 0.25) is 0 Å². The van der Waals surface area contributed by atoms with Gasteiger partial charge in [0.25, 0.3) is 0 Å². The second-order valence-electron chi connectivity index (χ2n) is 8.14. The van der Waals surface area contributed by atoms with E-state index in [4.69, 9.17) is 9.88 Å². The molecule has 0 bridgehead atoms. The van der Waals surface area contributed by atoms with Gasteiger partial charge in [-0.15, -0.1) is 0 Å². The number of hydrogen-bond donors (Lipinski definition) is 3. The van der Waals surface area contributed by atoms with Crippen molar-refractivity contribution in [1.82, 2.24) is 10.6 Å². The van der Waals surface area contributed by atoms with Crippen molar-refractivity contribution < 1.29 is 13.2 Å². The summed E-state index contributed by atoms with van der Waals surface area (Å²) >= 11 is 0. The fraction of sp³-hybridized carbons (Fsp3) is 0.435. The van der Waals surface area contributed by atoms with Crippen LogP contribution in [0.25, 0.3) is 0 Å². The third kappa shape index (κ3) is 8.22. The van der Waals surface area contributed by atoms with Crippen LogP contribution in [-0.4, -0.2) is 27.5 Å². The molecule has 0 aliphatic heterocycles. The molecule has 8 heteroatoms. The number of ether oxygens (including phenoxy) is 1. The Kier molecular flexibility index (Phi) is 8.88. The molecule has 0 spiro atoms. The zero-order valence-electron chi connectivity index (χ0n) is 19.0. The monoisotopic (exact) mass is 446 g/mol. The molecule has 2 aromatic carbocycles. The molecule has 2 aromatic rings. The van der Waals surface area contributed by atoms with Crippen LogP contribution in [0, 0.1) is 12.8 Å². The molecule has 0 radical (unpaired) electrons. The van der Waals surface area contributed by atoms with Gasteiger partial charge in [-0.3, -0.25) is 4.99 Å². The van der Waals surface area contributed by atoms with Crippen molar-refractivity contribution in [3.05, 3.63) is 59.2 Å². The first-order chi connectivity index (χ1) is 14.6. The van der Waals surface area contributed by atoms with Crippen molar-refractivity contribution in [1.29, 1.82) is 0 Å². The Balaban J connectivity index is 1.98. The third-order valence-electron chi connectivity index (χ3n) is 4.74. The van der Waals surface area contributed by atoms with E-state index in [0.717, 1.165) is 28.9 Å². The lowest BCUT2D eigenvalue weighted by Crippen LogP contribution is -2.36. The molecule has 0 heterocycles. The summed E-state index contributed by atoms with van der Waals surface area (Å²) in [5, 5.41) is 11.7. The van der Waals surface area contributed by atoms with Crippen LogP contribution in [-0.2, 0) is 23.1 Å². The number of sulfonamides is 1. The summed E-state index contributed by atoms with van der Waals surface area (Å²) in [7, 11) is -1.98. The van der Waals surface area contributed by atoms with Crippen molar-refractivity contribution in [2.24, 2.45) is 16.0 Å². The average molecular weight is 447 g/mol. The van der Waals surface area contributed by atoms with Crippen molar-refractivity contribution in [3.8, 4) is 5.75 Å². The van der Waals surface area contributed by atoms with E-state index in [1.807, 2.05) is 0 Å². The maximum Gasteiger partial charge on any atom is 0.238 e. The molecule has 0 saturated carbocycles. The van der Waals surface area contributed by atoms with Gasteiger partial charge < -0.3 is 15.4 Å². The van der Waals surface area contributed by atoms with Gasteiger partial charge in [0.05, 0.1) is 11.0 Å². The minimum atomic E-state index is -3.69. The summed E-state index contributed by atoms with van der Waals surface area (Å²) in [6.45, 7) is 9.59. The summed E-state index contributed by atoms with van der Waals surface area (Å²) in [5.41, 5.74) is 3.12. The number of benzene rings is 2. The lowest BCUT2D eigenvalue weighted by molar-refractivity contribution is 0.191. The van der Waals surface area contributed by atoms with Gasteiger partial charge in [-0.05, 0) is 55.5 Å². The normalized spacial score (nSPS) is 13.2. The number of hydrogen-bond acceptors (Lipinski definition) is 4. The molecule has 0 amide bonds. The second-order valence-corrected chi connectivity index (χ2v) is 9.70. The Bertz CT molecular complexity index is 986. The number of guanidine groups is 1. The van der Waals surface area contributed by atoms with Crippen LogP contribution in [0.4, 0.5) is 0 Å². The Morgan fingerprint density at radius 1 is 1.06 bits per heavy atom. The number of nitrogens with two attached hydrogens (primary N) is 1. The Morgan fingerprint density at radius 3 is 2.29 bits per heavy atom. The minimum absolute atomic E-state index is 0.0948. The standard InChI is InChI=1S/C23H34N4O3S/c1-16(2)12-18(4)30-22-13-17(3)6-9-20(22)15-27-23(25-5)26-14-19-7-10-21(11-8-19)31(24,28)29/h6-11,13,16,18H,12,14-15H2,1-5H3,(H2,24,28,29)(H2,25,26,27). The molecule has 31 heavy (non-hydrogen) atoms. The zero-order valence-corrected chi connectivity index (χ0v) is 19.8. The van der Waals surface area contributed by atoms with Gasteiger partial charge in [0.15, 0.2) is 5.96 Å². The Labute approximate surface area is 186 Å². The van der Waals surface area contributed by atoms with Crippen molar-refractivity contribution in [3.63, 3.8) is 0 Å². The molecular weight excluding hydrogens is 412 g/mol. The van der Waals surface area contributed by atoms with Crippen LogP contribution in [0.5, 0.6) is 5.75 Å². The van der Waals surface area contributed by atoms with E-state index < -0.39 is 10.0 Å². The summed E-state index contributed by atoms with van der Waals surface area (Å²) < 4.78 is 28.9. The van der Waals surface area contributed by atoms with Crippen molar-refractivity contribution in [2.75, 3.05) is 7.05 Å². The first-order valence-corrected chi connectivity index (χ1v) is 12.0. The summed E-state index contributed by atoms with van der Waals surface area (Å²) in [4.78, 5) is 4.36. The zero-order chi connectivity index (χ0) is 23.0. The summed E-state index contributed by atoms with van der Waals surface area (Å²) in [6.07, 6.45) is 1.13. The number of nitrogens with one attached hydrogen (secondary N) is 2. The molecule has 0 aliphatic rings. The summed E-state index contributed by atoms with van der Waals surface area (Å²) in [5.74, 6) is 2.09. The number of nitrogens with zero attached hydrogens (tertiary/aromatic N) is 1. The van der Waals surface area contributed by atoms with E-state index in [0.29, 0.717) is 25.0 Å². The van der Waals surface area contributed by atoms with Gasteiger partial charge in [0.2, 0.25) is 10.0 Å². The molecule has 4 N–H and O–H groups in total. The first-order valence-electron chi connectivity index (χ1n) is 10.4. The van der Waals surface area contributed by atoms with Gasteiger partial charge in [0.1, 0.15) is 5.75 Å². The topological polar surface area (TPSA) is 106 Å². The lowest BCUT2D eigenvalue weighted by Gasteiger charge is -2.20. The Hall–Kier alpha value is -2.58. The molecule has 1 atom stereocenters. The molecular formula is C23H34N4O3S. The van der Waals surface area contributed by atoms with Gasteiger partial charge in [-0.1, -0.05) is 38.1 Å². The minimum Gasteiger partial charge on any atom is -0.490 e. The second kappa shape index (κ2) is 11.2. The van der Waals surface area contributed by atoms with Crippen LogP contribution < -0.4 is 20.5 Å². The predicted molar refractivity (Wildman–Crippen MR) is 126 cm³/mol. The average Bonchev–Trinajstić information content (AvgIpc) is 2.68. The van der Waals surface area contributed by atoms with Gasteiger partial charge in [-0.25, -0.2) is 13.6 Å². The van der Waals surface area contributed by atoms with E-state index >= 15 is 0 Å². The highest BCUT2D eigenvalue weighted by Crippen LogP contribution is 2.23.